The molecule has 3 heterocycles. The summed E-state index contributed by atoms with van der Waals surface area (Å²) in [6.07, 6.45) is 7.78. The topological polar surface area (TPSA) is 68.5 Å². The monoisotopic (exact) mass is 373 g/mol. The zero-order valence-electron chi connectivity index (χ0n) is 15.5. The lowest BCUT2D eigenvalue weighted by atomic mass is 9.90. The average Bonchev–Trinajstić information content (AvgIpc) is 3.18. The third kappa shape index (κ3) is 2.78. The van der Waals surface area contributed by atoms with Crippen LogP contribution < -0.4 is 4.90 Å². The van der Waals surface area contributed by atoms with Crippen LogP contribution in [-0.2, 0) is 9.53 Å². The molecule has 6 nitrogen and oxygen atoms in total. The van der Waals surface area contributed by atoms with Crippen molar-refractivity contribution in [1.29, 1.82) is 0 Å². The van der Waals surface area contributed by atoms with Crippen LogP contribution in [0.4, 0.5) is 5.69 Å². The van der Waals surface area contributed by atoms with Gasteiger partial charge in [0.1, 0.15) is 5.52 Å². The number of nitrogens with zero attached hydrogens (tertiary/aromatic N) is 3. The maximum absolute atomic E-state index is 13.1. The fourth-order valence-corrected chi connectivity index (χ4v) is 3.83. The van der Waals surface area contributed by atoms with E-state index < -0.39 is 0 Å². The van der Waals surface area contributed by atoms with Gasteiger partial charge in [0.2, 0.25) is 5.89 Å². The molecule has 0 spiro atoms. The number of methoxy groups -OCH3 is 1. The summed E-state index contributed by atoms with van der Waals surface area (Å²) >= 11 is 0. The van der Waals surface area contributed by atoms with Gasteiger partial charge in [-0.15, -0.1) is 0 Å². The van der Waals surface area contributed by atoms with E-state index in [1.807, 2.05) is 41.3 Å². The number of carbonyl (C=O) groups excluding carboxylic acids is 1. The van der Waals surface area contributed by atoms with Gasteiger partial charge in [0.15, 0.2) is 5.58 Å². The number of aromatic nitrogens is 2. The maximum atomic E-state index is 13.1. The Labute approximate surface area is 162 Å². The van der Waals surface area contributed by atoms with E-state index in [0.717, 1.165) is 52.9 Å². The Hall–Kier alpha value is -3.41. The van der Waals surface area contributed by atoms with E-state index in [1.54, 1.807) is 19.5 Å². The molecule has 0 fully saturated rings. The summed E-state index contributed by atoms with van der Waals surface area (Å²) in [4.78, 5) is 23.6. The molecule has 0 saturated heterocycles. The van der Waals surface area contributed by atoms with Gasteiger partial charge in [0, 0.05) is 36.6 Å². The van der Waals surface area contributed by atoms with Crippen molar-refractivity contribution in [3.8, 4) is 11.5 Å². The number of hydrogen-bond donors (Lipinski definition) is 0. The number of ether oxygens (including phenoxy) is 1. The van der Waals surface area contributed by atoms with Crippen molar-refractivity contribution >= 4 is 22.7 Å². The zero-order chi connectivity index (χ0) is 19.1. The number of fused-ring (bicyclic) bond motifs is 1. The Morgan fingerprint density at radius 1 is 1.18 bits per heavy atom. The first-order chi connectivity index (χ1) is 13.7. The van der Waals surface area contributed by atoms with Crippen LogP contribution in [0.1, 0.15) is 19.3 Å². The van der Waals surface area contributed by atoms with Gasteiger partial charge in [0.05, 0.1) is 18.4 Å². The molecule has 6 heteroatoms. The lowest BCUT2D eigenvalue weighted by Crippen LogP contribution is -2.38. The molecule has 1 aromatic carbocycles. The third-order valence-corrected chi connectivity index (χ3v) is 5.31. The van der Waals surface area contributed by atoms with Gasteiger partial charge in [-0.25, -0.2) is 4.98 Å². The second-order valence-electron chi connectivity index (χ2n) is 6.94. The molecule has 140 valence electrons. The summed E-state index contributed by atoms with van der Waals surface area (Å²) in [5, 5.41) is 0. The van der Waals surface area contributed by atoms with Crippen LogP contribution in [0, 0.1) is 0 Å². The van der Waals surface area contributed by atoms with Crippen LogP contribution in [0.5, 0.6) is 0 Å². The number of allylic oxidation sites excluding steroid dienone is 2. The zero-order valence-corrected chi connectivity index (χ0v) is 15.5. The summed E-state index contributed by atoms with van der Waals surface area (Å²) in [7, 11) is 1.68. The number of carbonyl (C=O) groups is 1. The Morgan fingerprint density at radius 3 is 2.93 bits per heavy atom. The Kier molecular flexibility index (Phi) is 3.97. The van der Waals surface area contributed by atoms with Gasteiger partial charge < -0.3 is 14.1 Å². The van der Waals surface area contributed by atoms with Gasteiger partial charge in [-0.2, -0.15) is 0 Å². The molecule has 0 bridgehead atoms. The molecule has 28 heavy (non-hydrogen) atoms. The summed E-state index contributed by atoms with van der Waals surface area (Å²) in [5.74, 6) is 1.55. The highest BCUT2D eigenvalue weighted by Crippen LogP contribution is 2.34. The van der Waals surface area contributed by atoms with E-state index in [4.69, 9.17) is 9.15 Å². The molecule has 0 N–H and O–H groups in total. The average molecular weight is 373 g/mol. The summed E-state index contributed by atoms with van der Waals surface area (Å²) in [6, 6.07) is 9.47. The standard InChI is InChI=1S/C22H19N3O3/c1-27-17-5-6-18-14(11-17)8-10-25(22(18)26)16-4-7-20-19(12-16)24-21(28-20)15-3-2-9-23-13-15/h2-4,7,9,11-13H,5-6,8,10H2,1H3. The number of rotatable bonds is 3. The van der Waals surface area contributed by atoms with Crippen LogP contribution in [0.15, 0.2) is 70.1 Å². The van der Waals surface area contributed by atoms with E-state index in [0.29, 0.717) is 18.0 Å². The summed E-state index contributed by atoms with van der Waals surface area (Å²) in [6.45, 7) is 0.643. The maximum Gasteiger partial charge on any atom is 0.254 e. The molecule has 1 aliphatic heterocycles. The van der Waals surface area contributed by atoms with Gasteiger partial charge in [-0.1, -0.05) is 0 Å². The van der Waals surface area contributed by atoms with Gasteiger partial charge >= 0.3 is 0 Å². The molecule has 0 atom stereocenters. The Balaban J connectivity index is 1.48. The van der Waals surface area contributed by atoms with E-state index in [9.17, 15) is 4.79 Å². The normalized spacial score (nSPS) is 17.0. The summed E-state index contributed by atoms with van der Waals surface area (Å²) in [5.41, 5.74) is 5.09. The van der Waals surface area contributed by atoms with Crippen molar-refractivity contribution in [1.82, 2.24) is 9.97 Å². The van der Waals surface area contributed by atoms with Crippen LogP contribution in [0.2, 0.25) is 0 Å². The van der Waals surface area contributed by atoms with Crippen molar-refractivity contribution < 1.29 is 13.9 Å². The fourth-order valence-electron chi connectivity index (χ4n) is 3.83. The van der Waals surface area contributed by atoms with E-state index >= 15 is 0 Å². The lowest BCUT2D eigenvalue weighted by molar-refractivity contribution is -0.115. The molecule has 3 aromatic rings. The molecule has 2 aromatic heterocycles. The van der Waals surface area contributed by atoms with E-state index in [1.165, 1.54) is 0 Å². The number of anilines is 1. The molecular weight excluding hydrogens is 354 g/mol. The van der Waals surface area contributed by atoms with Crippen LogP contribution in [-0.4, -0.2) is 29.5 Å². The van der Waals surface area contributed by atoms with Crippen molar-refractivity contribution in [3.05, 3.63) is 65.7 Å². The van der Waals surface area contributed by atoms with Crippen LogP contribution in [0.3, 0.4) is 0 Å². The van der Waals surface area contributed by atoms with E-state index in [2.05, 4.69) is 9.97 Å². The minimum atomic E-state index is 0.0722. The number of amides is 1. The second-order valence-corrected chi connectivity index (χ2v) is 6.94. The van der Waals surface area contributed by atoms with Gasteiger partial charge in [-0.3, -0.25) is 9.78 Å². The van der Waals surface area contributed by atoms with Crippen LogP contribution >= 0.6 is 0 Å². The Morgan fingerprint density at radius 2 is 2.11 bits per heavy atom. The number of benzene rings is 1. The van der Waals surface area contributed by atoms with E-state index in [-0.39, 0.29) is 5.91 Å². The first kappa shape index (κ1) is 16.7. The van der Waals surface area contributed by atoms with Crippen LogP contribution in [0.25, 0.3) is 22.6 Å². The lowest BCUT2D eigenvalue weighted by Gasteiger charge is -2.31. The minimum absolute atomic E-state index is 0.0722. The minimum Gasteiger partial charge on any atom is -0.501 e. The van der Waals surface area contributed by atoms with Gasteiger partial charge in [-0.05, 0) is 54.8 Å². The highest BCUT2D eigenvalue weighted by atomic mass is 16.5. The quantitative estimate of drug-likeness (QED) is 0.687. The fraction of sp³-hybridized carbons (Fsp3) is 0.227. The predicted molar refractivity (Wildman–Crippen MR) is 106 cm³/mol. The van der Waals surface area contributed by atoms with Crippen molar-refractivity contribution in [2.45, 2.75) is 19.3 Å². The molecule has 0 saturated carbocycles. The van der Waals surface area contributed by atoms with Crippen molar-refractivity contribution in [2.75, 3.05) is 18.6 Å². The largest absolute Gasteiger partial charge is 0.501 e. The van der Waals surface area contributed by atoms with Crippen molar-refractivity contribution in [2.24, 2.45) is 0 Å². The number of oxazole rings is 1. The molecule has 0 unspecified atom stereocenters. The SMILES string of the molecule is COC1=CC2=C(CC1)C(=O)N(c1ccc3oc(-c4cccnc4)nc3c1)CC2. The highest BCUT2D eigenvalue weighted by molar-refractivity contribution is 6.08. The Bertz CT molecular complexity index is 1130. The number of hydrogen-bond acceptors (Lipinski definition) is 5. The highest BCUT2D eigenvalue weighted by Gasteiger charge is 2.29. The van der Waals surface area contributed by atoms with Crippen molar-refractivity contribution in [3.63, 3.8) is 0 Å². The predicted octanol–water partition coefficient (Wildman–Crippen LogP) is 4.25. The molecule has 1 aliphatic carbocycles. The second kappa shape index (κ2) is 6.64. The number of pyridine rings is 1. The van der Waals surface area contributed by atoms with Gasteiger partial charge in [0.25, 0.3) is 5.91 Å². The molecule has 0 radical (unpaired) electrons. The molecular formula is C22H19N3O3. The first-order valence-corrected chi connectivity index (χ1v) is 9.32. The summed E-state index contributed by atoms with van der Waals surface area (Å²) < 4.78 is 11.2. The smallest absolute Gasteiger partial charge is 0.254 e. The molecule has 1 amide bonds. The first-order valence-electron chi connectivity index (χ1n) is 9.32. The molecule has 5 rings (SSSR count). The molecule has 2 aliphatic rings. The third-order valence-electron chi connectivity index (χ3n) is 5.31.